The summed E-state index contributed by atoms with van der Waals surface area (Å²) in [5.74, 6) is -4.38. The van der Waals surface area contributed by atoms with Crippen LogP contribution in [-0.2, 0) is 29.2 Å². The lowest BCUT2D eigenvalue weighted by Gasteiger charge is -2.33. The predicted molar refractivity (Wildman–Crippen MR) is 121 cm³/mol. The predicted octanol–water partition coefficient (Wildman–Crippen LogP) is 2.61. The van der Waals surface area contributed by atoms with E-state index in [9.17, 15) is 31.1 Å². The molecule has 0 spiro atoms. The number of halogens is 6. The van der Waals surface area contributed by atoms with Gasteiger partial charge in [0.05, 0.1) is 17.1 Å². The number of likely N-dealkylation sites (N-methyl/N-ethyl adjacent to an activating group) is 1. The summed E-state index contributed by atoms with van der Waals surface area (Å²) in [5, 5.41) is 16.2. The summed E-state index contributed by atoms with van der Waals surface area (Å²) in [4.78, 5) is 42.5. The number of fused-ring (bicyclic) bond motifs is 1. The van der Waals surface area contributed by atoms with E-state index >= 15 is 0 Å². The van der Waals surface area contributed by atoms with Gasteiger partial charge in [-0.05, 0) is 18.5 Å². The number of carboxylic acid groups (broad SMARTS) is 2. The van der Waals surface area contributed by atoms with Crippen molar-refractivity contribution >= 4 is 29.2 Å². The average molecular weight is 574 g/mol. The highest BCUT2D eigenvalue weighted by Gasteiger charge is 2.38. The number of carbonyl (C=O) groups excluding carboxylic acids is 1. The van der Waals surface area contributed by atoms with E-state index in [1.165, 1.54) is 17.0 Å². The first-order valence-corrected chi connectivity index (χ1v) is 11.8. The van der Waals surface area contributed by atoms with E-state index in [0.29, 0.717) is 6.54 Å². The van der Waals surface area contributed by atoms with Crippen molar-refractivity contribution in [3.63, 3.8) is 0 Å². The zero-order valence-electron chi connectivity index (χ0n) is 20.0. The van der Waals surface area contributed by atoms with Crippen molar-refractivity contribution in [2.75, 3.05) is 39.8 Å². The quantitative estimate of drug-likeness (QED) is 0.538. The smallest absolute Gasteiger partial charge is 0.475 e. The molecule has 212 valence electrons. The number of thiophene rings is 1. The van der Waals surface area contributed by atoms with Gasteiger partial charge >= 0.3 is 24.3 Å². The van der Waals surface area contributed by atoms with Gasteiger partial charge in [-0.1, -0.05) is 6.07 Å². The van der Waals surface area contributed by atoms with Crippen molar-refractivity contribution in [2.45, 2.75) is 32.0 Å². The second-order valence-electron chi connectivity index (χ2n) is 8.21. The van der Waals surface area contributed by atoms with Crippen molar-refractivity contribution < 1.29 is 50.9 Å². The Morgan fingerprint density at radius 2 is 1.50 bits per heavy atom. The van der Waals surface area contributed by atoms with E-state index in [1.807, 2.05) is 28.6 Å². The zero-order valence-corrected chi connectivity index (χ0v) is 20.8. The minimum absolute atomic E-state index is 0.125. The molecule has 0 unspecified atom stereocenters. The van der Waals surface area contributed by atoms with Crippen LogP contribution in [0.15, 0.2) is 23.7 Å². The normalized spacial score (nSPS) is 16.4. The van der Waals surface area contributed by atoms with E-state index < -0.39 is 24.3 Å². The maximum atomic E-state index is 12.5. The van der Waals surface area contributed by atoms with Crippen LogP contribution >= 0.6 is 11.3 Å². The molecule has 0 atom stereocenters. The van der Waals surface area contributed by atoms with E-state index in [-0.39, 0.29) is 5.91 Å². The molecule has 2 aliphatic heterocycles. The summed E-state index contributed by atoms with van der Waals surface area (Å²) >= 11 is 1.51. The van der Waals surface area contributed by atoms with Crippen LogP contribution in [-0.4, -0.2) is 104 Å². The Bertz CT molecular complexity index is 1060. The number of alkyl halides is 6. The minimum Gasteiger partial charge on any atom is -0.475 e. The van der Waals surface area contributed by atoms with Crippen LogP contribution in [0.25, 0.3) is 0 Å². The third kappa shape index (κ3) is 9.29. The molecule has 1 saturated heterocycles. The summed E-state index contributed by atoms with van der Waals surface area (Å²) in [6, 6.07) is 3.82. The van der Waals surface area contributed by atoms with Crippen LogP contribution in [0.2, 0.25) is 0 Å². The number of rotatable bonds is 3. The summed E-state index contributed by atoms with van der Waals surface area (Å²) in [6.45, 7) is 7.65. The fraction of sp³-hybridized carbons (Fsp3) is 0.524. The third-order valence-electron chi connectivity index (χ3n) is 5.43. The van der Waals surface area contributed by atoms with Crippen LogP contribution in [0.3, 0.4) is 0 Å². The molecule has 1 fully saturated rings. The summed E-state index contributed by atoms with van der Waals surface area (Å²) in [5.41, 5.74) is 1.28. The van der Waals surface area contributed by atoms with Crippen LogP contribution in [0, 0.1) is 0 Å². The number of carboxylic acids is 2. The third-order valence-corrected chi connectivity index (χ3v) is 6.29. The molecule has 4 heterocycles. The number of amides is 1. The number of piperazine rings is 1. The number of nitrogens with zero attached hydrogens (tertiary/aromatic N) is 5. The van der Waals surface area contributed by atoms with Gasteiger partial charge in [-0.3, -0.25) is 9.69 Å². The van der Waals surface area contributed by atoms with Crippen molar-refractivity contribution in [1.82, 2.24) is 24.3 Å². The monoisotopic (exact) mass is 573 g/mol. The molecule has 17 heteroatoms. The lowest BCUT2D eigenvalue weighted by atomic mass is 10.3. The highest BCUT2D eigenvalue weighted by molar-refractivity contribution is 7.12. The van der Waals surface area contributed by atoms with Gasteiger partial charge in [0.25, 0.3) is 5.91 Å². The van der Waals surface area contributed by atoms with Gasteiger partial charge < -0.3 is 24.6 Å². The number of hydrogen-bond acceptors (Lipinski definition) is 7. The van der Waals surface area contributed by atoms with Crippen molar-refractivity contribution in [2.24, 2.45) is 0 Å². The molecule has 10 nitrogen and oxygen atoms in total. The molecule has 1 amide bonds. The van der Waals surface area contributed by atoms with Crippen LogP contribution in [0.1, 0.15) is 21.2 Å². The number of aromatic nitrogens is 2. The topological polar surface area (TPSA) is 119 Å². The van der Waals surface area contributed by atoms with Gasteiger partial charge in [0.1, 0.15) is 5.82 Å². The molecule has 2 aromatic heterocycles. The standard InChI is InChI=1S/C17H23N5OS.2C2HF3O2/c1-19-4-6-20(7-5-19)12-14-11-18-16-13-21(8-9-22(14)16)17(23)15-3-2-10-24-15;2*3-2(4,5)1(6)7/h2-3,10-11H,4-9,12-13H2,1H3;2*(H,6,7). The maximum Gasteiger partial charge on any atom is 0.490 e. The maximum absolute atomic E-state index is 12.5. The number of hydrogen-bond donors (Lipinski definition) is 2. The van der Waals surface area contributed by atoms with Gasteiger partial charge in [0.2, 0.25) is 0 Å². The summed E-state index contributed by atoms with van der Waals surface area (Å²) < 4.78 is 65.8. The summed E-state index contributed by atoms with van der Waals surface area (Å²) in [6.07, 6.45) is -8.17. The number of aliphatic carboxylic acids is 2. The summed E-state index contributed by atoms with van der Waals surface area (Å²) in [7, 11) is 2.18. The molecular formula is C21H25F6N5O5S. The molecule has 2 N–H and O–H groups in total. The fourth-order valence-corrected chi connectivity index (χ4v) is 4.10. The van der Waals surface area contributed by atoms with Crippen molar-refractivity contribution in [3.05, 3.63) is 40.1 Å². The van der Waals surface area contributed by atoms with Crippen LogP contribution in [0.5, 0.6) is 0 Å². The van der Waals surface area contributed by atoms with Crippen LogP contribution in [0.4, 0.5) is 26.3 Å². The zero-order chi connectivity index (χ0) is 28.7. The Morgan fingerprint density at radius 3 is 1.97 bits per heavy atom. The lowest BCUT2D eigenvalue weighted by Crippen LogP contribution is -2.44. The Morgan fingerprint density at radius 1 is 0.947 bits per heavy atom. The highest BCUT2D eigenvalue weighted by atomic mass is 32.1. The molecule has 2 aliphatic rings. The van der Waals surface area contributed by atoms with Gasteiger partial charge in [0, 0.05) is 52.0 Å². The van der Waals surface area contributed by atoms with Crippen molar-refractivity contribution in [3.8, 4) is 0 Å². The van der Waals surface area contributed by atoms with Gasteiger partial charge in [-0.15, -0.1) is 11.3 Å². The average Bonchev–Trinajstić information content (AvgIpc) is 3.50. The number of imidazole rings is 1. The Kier molecular flexibility index (Phi) is 10.7. The van der Waals surface area contributed by atoms with Gasteiger partial charge in [-0.2, -0.15) is 26.3 Å². The molecule has 38 heavy (non-hydrogen) atoms. The first-order valence-electron chi connectivity index (χ1n) is 11.0. The van der Waals surface area contributed by atoms with E-state index in [0.717, 1.165) is 56.5 Å². The molecule has 0 radical (unpaired) electrons. The van der Waals surface area contributed by atoms with E-state index in [4.69, 9.17) is 19.8 Å². The first-order chi connectivity index (χ1) is 17.6. The minimum atomic E-state index is -5.08. The second kappa shape index (κ2) is 13.1. The van der Waals surface area contributed by atoms with E-state index in [1.54, 1.807) is 0 Å². The molecule has 0 bridgehead atoms. The van der Waals surface area contributed by atoms with Gasteiger partial charge in [0.15, 0.2) is 0 Å². The molecule has 0 saturated carbocycles. The molecule has 2 aromatic rings. The second-order valence-corrected chi connectivity index (χ2v) is 9.15. The van der Waals surface area contributed by atoms with Gasteiger partial charge in [-0.25, -0.2) is 14.6 Å². The lowest BCUT2D eigenvalue weighted by molar-refractivity contribution is -0.193. The van der Waals surface area contributed by atoms with Crippen molar-refractivity contribution in [1.29, 1.82) is 0 Å². The SMILES string of the molecule is CN1CCN(Cc2cnc3n2CCN(C(=O)c2cccs2)C3)CC1.O=C(O)C(F)(F)F.O=C(O)C(F)(F)F. The molecular weight excluding hydrogens is 548 g/mol. The Hall–Kier alpha value is -3.18. The number of carbonyl (C=O) groups is 3. The molecule has 0 aromatic carbocycles. The van der Waals surface area contributed by atoms with E-state index in [2.05, 4.69) is 26.4 Å². The van der Waals surface area contributed by atoms with Crippen LogP contribution < -0.4 is 0 Å². The molecule has 4 rings (SSSR count). The first kappa shape index (κ1) is 31.0. The fourth-order valence-electron chi connectivity index (χ4n) is 3.41. The molecule has 0 aliphatic carbocycles. The highest BCUT2D eigenvalue weighted by Crippen LogP contribution is 2.20. The Labute approximate surface area is 216 Å². The largest absolute Gasteiger partial charge is 0.490 e. The Balaban J connectivity index is 0.000000301.